The van der Waals surface area contributed by atoms with E-state index in [4.69, 9.17) is 21.3 Å². The highest BCUT2D eigenvalue weighted by atomic mass is 35.5. The van der Waals surface area contributed by atoms with Crippen molar-refractivity contribution in [1.82, 2.24) is 14.9 Å². The molecule has 3 aromatic rings. The van der Waals surface area contributed by atoms with Gasteiger partial charge in [0, 0.05) is 30.3 Å². The number of benzene rings is 2. The lowest BCUT2D eigenvalue weighted by Crippen LogP contribution is -2.36. The van der Waals surface area contributed by atoms with Crippen LogP contribution in [0.25, 0.3) is 22.6 Å². The summed E-state index contributed by atoms with van der Waals surface area (Å²) in [5.74, 6) is 9.75. The minimum absolute atomic E-state index is 0.00201. The van der Waals surface area contributed by atoms with Gasteiger partial charge in [0.2, 0.25) is 0 Å². The SMILES string of the molecule is Cc1cc(-c2ncc(Cl)c(-c3ccccc3S(=O)(=O)C(C)C)n2)c2c(c1C1CCN(CCS(C)(=O)=O)CC1)CC(C)O2.NN. The molecule has 44 heavy (non-hydrogen) atoms. The van der Waals surface area contributed by atoms with E-state index in [1.165, 1.54) is 23.6 Å². The van der Waals surface area contributed by atoms with Crippen molar-refractivity contribution in [2.45, 2.75) is 69.1 Å². The molecule has 2 aliphatic rings. The van der Waals surface area contributed by atoms with Gasteiger partial charge in [-0.25, -0.2) is 26.8 Å². The molecule has 3 heterocycles. The van der Waals surface area contributed by atoms with Crippen LogP contribution in [0.4, 0.5) is 0 Å². The maximum Gasteiger partial charge on any atom is 0.181 e. The van der Waals surface area contributed by atoms with Gasteiger partial charge in [-0.2, -0.15) is 0 Å². The molecule has 0 saturated carbocycles. The summed E-state index contributed by atoms with van der Waals surface area (Å²) in [4.78, 5) is 11.8. The van der Waals surface area contributed by atoms with E-state index < -0.39 is 24.9 Å². The number of piperidine rings is 1. The van der Waals surface area contributed by atoms with Crippen LogP contribution in [0.2, 0.25) is 5.02 Å². The lowest BCUT2D eigenvalue weighted by atomic mass is 9.81. The lowest BCUT2D eigenvalue weighted by Gasteiger charge is -2.33. The van der Waals surface area contributed by atoms with Gasteiger partial charge in [-0.3, -0.25) is 11.7 Å². The highest BCUT2D eigenvalue weighted by Crippen LogP contribution is 2.46. The monoisotopic (exact) mass is 663 g/mol. The molecule has 0 radical (unpaired) electrons. The number of rotatable bonds is 8. The standard InChI is InChI=1S/C31H38ClN3O5S2.H4N2/c1-19(2)42(38,39)27-9-7-6-8-23(27)29-26(32)18-33-31(34-29)25-16-20(3)28(24-17-21(4)40-30(24)25)22-10-12-35(13-11-22)14-15-41(5,36)37;1-2/h6-9,16,18-19,21-22H,10-15,17H2,1-5H3;1-2H2. The largest absolute Gasteiger partial charge is 0.489 e. The van der Waals surface area contributed by atoms with Crippen LogP contribution in [0.5, 0.6) is 5.75 Å². The average Bonchev–Trinajstić information content (AvgIpc) is 3.38. The number of aromatic nitrogens is 2. The van der Waals surface area contributed by atoms with Crippen LogP contribution in [0.1, 0.15) is 56.2 Å². The highest BCUT2D eigenvalue weighted by molar-refractivity contribution is 7.92. The second-order valence-electron chi connectivity index (χ2n) is 11.8. The van der Waals surface area contributed by atoms with E-state index >= 15 is 0 Å². The zero-order valence-electron chi connectivity index (χ0n) is 25.9. The molecule has 1 aromatic heterocycles. The smallest absolute Gasteiger partial charge is 0.181 e. The fourth-order valence-corrected chi connectivity index (χ4v) is 8.11. The Morgan fingerprint density at radius 1 is 1.09 bits per heavy atom. The molecule has 2 aliphatic heterocycles. The zero-order valence-corrected chi connectivity index (χ0v) is 28.3. The van der Waals surface area contributed by atoms with Gasteiger partial charge in [0.05, 0.1) is 38.4 Å². The van der Waals surface area contributed by atoms with Crippen molar-refractivity contribution in [3.8, 4) is 28.4 Å². The number of hydrazine groups is 1. The topological polar surface area (TPSA) is 159 Å². The second-order valence-corrected chi connectivity index (χ2v) is 17.0. The van der Waals surface area contributed by atoms with Crippen molar-refractivity contribution >= 4 is 31.3 Å². The van der Waals surface area contributed by atoms with E-state index in [1.54, 1.807) is 38.1 Å². The van der Waals surface area contributed by atoms with Gasteiger partial charge in [-0.1, -0.05) is 29.8 Å². The molecule has 1 atom stereocenters. The van der Waals surface area contributed by atoms with Crippen molar-refractivity contribution in [3.05, 3.63) is 58.2 Å². The molecule has 240 valence electrons. The molecular weight excluding hydrogens is 622 g/mol. The first-order valence-electron chi connectivity index (χ1n) is 14.7. The van der Waals surface area contributed by atoms with Crippen molar-refractivity contribution in [2.75, 3.05) is 31.6 Å². The molecule has 5 rings (SSSR count). The Bertz CT molecular complexity index is 1720. The number of hydrogen-bond acceptors (Lipinski definition) is 10. The van der Waals surface area contributed by atoms with Crippen LogP contribution >= 0.6 is 11.6 Å². The number of likely N-dealkylation sites (tertiary alicyclic amines) is 1. The Balaban J connectivity index is 0.00000216. The number of ether oxygens (including phenoxy) is 1. The summed E-state index contributed by atoms with van der Waals surface area (Å²) >= 11 is 6.59. The third-order valence-corrected chi connectivity index (χ3v) is 11.7. The van der Waals surface area contributed by atoms with Crippen molar-refractivity contribution in [1.29, 1.82) is 0 Å². The van der Waals surface area contributed by atoms with Crippen molar-refractivity contribution in [3.63, 3.8) is 0 Å². The number of nitrogens with two attached hydrogens (primary N) is 2. The van der Waals surface area contributed by atoms with E-state index in [2.05, 4.69) is 41.5 Å². The molecule has 4 N–H and O–H groups in total. The molecule has 1 saturated heterocycles. The van der Waals surface area contributed by atoms with Gasteiger partial charge >= 0.3 is 0 Å². The third kappa shape index (κ3) is 7.27. The predicted molar refractivity (Wildman–Crippen MR) is 175 cm³/mol. The van der Waals surface area contributed by atoms with Crippen LogP contribution in [0.15, 0.2) is 41.4 Å². The summed E-state index contributed by atoms with van der Waals surface area (Å²) in [6.07, 6.45) is 5.50. The Labute approximate surface area is 266 Å². The van der Waals surface area contributed by atoms with Gasteiger partial charge in [0.1, 0.15) is 21.7 Å². The first kappa shape index (κ1) is 34.3. The van der Waals surface area contributed by atoms with E-state index in [9.17, 15) is 16.8 Å². The van der Waals surface area contributed by atoms with Gasteiger partial charge in [0.25, 0.3) is 0 Å². The molecule has 13 heteroatoms. The summed E-state index contributed by atoms with van der Waals surface area (Å²) in [6.45, 7) is 9.76. The van der Waals surface area contributed by atoms with E-state index in [1.807, 2.05) is 0 Å². The number of fused-ring (bicyclic) bond motifs is 1. The fraction of sp³-hybridized carbons (Fsp3) is 0.484. The lowest BCUT2D eigenvalue weighted by molar-refractivity contribution is 0.222. The second kappa shape index (κ2) is 13.8. The summed E-state index contributed by atoms with van der Waals surface area (Å²) in [6, 6.07) is 8.88. The van der Waals surface area contributed by atoms with E-state index in [0.29, 0.717) is 29.5 Å². The molecule has 0 bridgehead atoms. The minimum Gasteiger partial charge on any atom is -0.489 e. The number of hydrogen-bond donors (Lipinski definition) is 2. The van der Waals surface area contributed by atoms with Crippen LogP contribution in [0, 0.1) is 6.92 Å². The van der Waals surface area contributed by atoms with Crippen molar-refractivity contribution < 1.29 is 21.6 Å². The van der Waals surface area contributed by atoms with Crippen LogP contribution < -0.4 is 16.4 Å². The third-order valence-electron chi connectivity index (χ3n) is 8.27. The van der Waals surface area contributed by atoms with Crippen molar-refractivity contribution in [2.24, 2.45) is 11.7 Å². The Hall–Kier alpha value is -2.61. The first-order valence-corrected chi connectivity index (χ1v) is 18.7. The van der Waals surface area contributed by atoms with Crippen LogP contribution in [0.3, 0.4) is 0 Å². The minimum atomic E-state index is -3.58. The van der Waals surface area contributed by atoms with E-state index in [-0.39, 0.29) is 21.8 Å². The van der Waals surface area contributed by atoms with Gasteiger partial charge < -0.3 is 9.64 Å². The first-order chi connectivity index (χ1) is 20.8. The number of nitrogens with zero attached hydrogens (tertiary/aromatic N) is 3. The van der Waals surface area contributed by atoms with Gasteiger partial charge in [-0.05, 0) is 82.8 Å². The Kier molecular flexibility index (Phi) is 10.7. The maximum atomic E-state index is 13.2. The summed E-state index contributed by atoms with van der Waals surface area (Å²) in [5, 5.41) is -0.328. The zero-order chi connectivity index (χ0) is 32.4. The normalized spacial score (nSPS) is 17.6. The molecule has 0 aliphatic carbocycles. The molecule has 1 unspecified atom stereocenters. The molecular formula is C31H42ClN5O5S2. The quantitative estimate of drug-likeness (QED) is 0.263. The van der Waals surface area contributed by atoms with Crippen LogP contribution in [-0.4, -0.2) is 74.7 Å². The number of sulfone groups is 2. The summed E-state index contributed by atoms with van der Waals surface area (Å²) in [7, 11) is -6.57. The molecule has 0 amide bonds. The Morgan fingerprint density at radius 3 is 2.39 bits per heavy atom. The fourth-order valence-electron chi connectivity index (χ4n) is 6.07. The van der Waals surface area contributed by atoms with Gasteiger partial charge in [0.15, 0.2) is 15.7 Å². The summed E-state index contributed by atoms with van der Waals surface area (Å²) < 4.78 is 56.0. The highest BCUT2D eigenvalue weighted by Gasteiger charge is 2.33. The van der Waals surface area contributed by atoms with E-state index in [0.717, 1.165) is 49.2 Å². The molecule has 1 fully saturated rings. The average molecular weight is 664 g/mol. The number of halogens is 1. The Morgan fingerprint density at radius 2 is 1.75 bits per heavy atom. The molecule has 2 aromatic carbocycles. The number of aryl methyl sites for hydroxylation is 1. The molecule has 10 nitrogen and oxygen atoms in total. The predicted octanol–water partition coefficient (Wildman–Crippen LogP) is 4.32. The summed E-state index contributed by atoms with van der Waals surface area (Å²) in [5.41, 5.74) is 5.20. The maximum absolute atomic E-state index is 13.2. The molecule has 0 spiro atoms. The van der Waals surface area contributed by atoms with Gasteiger partial charge in [-0.15, -0.1) is 0 Å². The van der Waals surface area contributed by atoms with Crippen LogP contribution in [-0.2, 0) is 26.1 Å².